The van der Waals surface area contributed by atoms with E-state index in [-0.39, 0.29) is 17.6 Å². The van der Waals surface area contributed by atoms with E-state index in [0.717, 1.165) is 18.9 Å². The van der Waals surface area contributed by atoms with Crippen LogP contribution >= 0.6 is 0 Å². The molecule has 0 unspecified atom stereocenters. The van der Waals surface area contributed by atoms with Crippen molar-refractivity contribution >= 4 is 23.3 Å². The van der Waals surface area contributed by atoms with Crippen LogP contribution in [0.25, 0.3) is 0 Å². The lowest BCUT2D eigenvalue weighted by atomic mass is 10.2. The zero-order chi connectivity index (χ0) is 17.6. The Labute approximate surface area is 147 Å². The molecular formula is C18H24N4O3. The lowest BCUT2D eigenvalue weighted by Crippen LogP contribution is -2.58. The molecule has 7 heteroatoms. The molecule has 7 nitrogen and oxygen atoms in total. The standard InChI is InChI=1S/C18H24N4O3/c1-13-18(24)22(15-6-3-2-4-7-15)21-16(20-13)17(23)19-10-5-11-25-12-14-8-9-14/h2-4,6-7,13-14H,5,8-12H2,1H3,(H,19,23)(H,20,21)/t13-/m0/s1. The number of aliphatic imine (C=N–C) groups is 1. The molecule has 1 aromatic rings. The third-order valence-corrected chi connectivity index (χ3v) is 4.15. The Morgan fingerprint density at radius 3 is 2.84 bits per heavy atom. The molecule has 1 fully saturated rings. The second-order valence-corrected chi connectivity index (χ2v) is 6.40. The van der Waals surface area contributed by atoms with Crippen molar-refractivity contribution in [1.29, 1.82) is 0 Å². The zero-order valence-electron chi connectivity index (χ0n) is 14.4. The first-order chi connectivity index (χ1) is 12.1. The third kappa shape index (κ3) is 4.79. The van der Waals surface area contributed by atoms with Crippen LogP contribution in [0.3, 0.4) is 0 Å². The average Bonchev–Trinajstić information content (AvgIpc) is 3.45. The number of benzene rings is 1. The molecule has 1 aromatic carbocycles. The molecule has 1 atom stereocenters. The first kappa shape index (κ1) is 17.4. The van der Waals surface area contributed by atoms with Crippen LogP contribution in [0, 0.1) is 5.92 Å². The fourth-order valence-electron chi connectivity index (χ4n) is 2.50. The maximum absolute atomic E-state index is 12.3. The molecule has 2 N–H and O–H groups in total. The minimum absolute atomic E-state index is 0.148. The van der Waals surface area contributed by atoms with Gasteiger partial charge in [-0.25, -0.2) is 10.0 Å². The van der Waals surface area contributed by atoms with Gasteiger partial charge in [0.1, 0.15) is 6.04 Å². The van der Waals surface area contributed by atoms with Crippen LogP contribution in [0.5, 0.6) is 0 Å². The van der Waals surface area contributed by atoms with Crippen molar-refractivity contribution in [3.05, 3.63) is 30.3 Å². The quantitative estimate of drug-likeness (QED) is 0.696. The second kappa shape index (κ2) is 8.11. The predicted molar refractivity (Wildman–Crippen MR) is 95.1 cm³/mol. The molecule has 0 aromatic heterocycles. The van der Waals surface area contributed by atoms with Gasteiger partial charge in [-0.3, -0.25) is 15.0 Å². The number of amidine groups is 1. The van der Waals surface area contributed by atoms with Crippen molar-refractivity contribution in [2.45, 2.75) is 32.2 Å². The summed E-state index contributed by atoms with van der Waals surface area (Å²) in [6, 6.07) is 8.54. The van der Waals surface area contributed by atoms with Gasteiger partial charge in [-0.1, -0.05) is 18.2 Å². The van der Waals surface area contributed by atoms with Gasteiger partial charge in [-0.05, 0) is 44.2 Å². The van der Waals surface area contributed by atoms with Crippen LogP contribution in [0.2, 0.25) is 0 Å². The zero-order valence-corrected chi connectivity index (χ0v) is 14.4. The Bertz CT molecular complexity index is 643. The fourth-order valence-corrected chi connectivity index (χ4v) is 2.50. The van der Waals surface area contributed by atoms with Gasteiger partial charge in [0.25, 0.3) is 11.8 Å². The number of hydrogen-bond acceptors (Lipinski definition) is 5. The number of carbonyl (C=O) groups is 2. The minimum Gasteiger partial charge on any atom is -0.381 e. The van der Waals surface area contributed by atoms with Crippen LogP contribution in [0.4, 0.5) is 5.69 Å². The van der Waals surface area contributed by atoms with Crippen molar-refractivity contribution in [3.8, 4) is 0 Å². The number of ether oxygens (including phenoxy) is 1. The van der Waals surface area contributed by atoms with Gasteiger partial charge in [0.05, 0.1) is 5.69 Å². The average molecular weight is 344 g/mol. The number of carbonyl (C=O) groups excluding carboxylic acids is 2. The molecule has 0 radical (unpaired) electrons. The highest BCUT2D eigenvalue weighted by Crippen LogP contribution is 2.28. The highest BCUT2D eigenvalue weighted by atomic mass is 16.5. The Morgan fingerprint density at radius 2 is 2.12 bits per heavy atom. The van der Waals surface area contributed by atoms with E-state index in [0.29, 0.717) is 18.8 Å². The summed E-state index contributed by atoms with van der Waals surface area (Å²) >= 11 is 0. The third-order valence-electron chi connectivity index (χ3n) is 4.15. The lowest BCUT2D eigenvalue weighted by molar-refractivity contribution is -0.120. The monoisotopic (exact) mass is 344 g/mol. The lowest BCUT2D eigenvalue weighted by Gasteiger charge is -2.30. The topological polar surface area (TPSA) is 83.0 Å². The molecule has 25 heavy (non-hydrogen) atoms. The van der Waals surface area contributed by atoms with E-state index in [9.17, 15) is 9.59 Å². The molecule has 0 spiro atoms. The van der Waals surface area contributed by atoms with E-state index in [1.165, 1.54) is 17.9 Å². The summed E-state index contributed by atoms with van der Waals surface area (Å²) < 4.78 is 5.54. The number of nitrogens with one attached hydrogen (secondary N) is 2. The number of para-hydroxylation sites is 1. The molecular weight excluding hydrogens is 320 g/mol. The van der Waals surface area contributed by atoms with Gasteiger partial charge in [-0.2, -0.15) is 0 Å². The SMILES string of the molecule is C[C@@H]1N=C(C(=O)NCCCOCC2CC2)NN(c2ccccc2)C1=O. The fraction of sp³-hybridized carbons (Fsp3) is 0.500. The molecule has 2 amide bonds. The molecule has 1 heterocycles. The van der Waals surface area contributed by atoms with Gasteiger partial charge < -0.3 is 10.1 Å². The van der Waals surface area contributed by atoms with E-state index in [2.05, 4.69) is 15.7 Å². The summed E-state index contributed by atoms with van der Waals surface area (Å²) in [7, 11) is 0. The number of amides is 2. The van der Waals surface area contributed by atoms with Crippen molar-refractivity contribution < 1.29 is 14.3 Å². The second-order valence-electron chi connectivity index (χ2n) is 6.40. The van der Waals surface area contributed by atoms with E-state index >= 15 is 0 Å². The summed E-state index contributed by atoms with van der Waals surface area (Å²) in [6.45, 7) is 3.66. The van der Waals surface area contributed by atoms with Crippen molar-refractivity contribution in [2.24, 2.45) is 10.9 Å². The minimum atomic E-state index is -0.607. The van der Waals surface area contributed by atoms with Crippen molar-refractivity contribution in [3.63, 3.8) is 0 Å². The van der Waals surface area contributed by atoms with Crippen LogP contribution in [0.15, 0.2) is 35.3 Å². The number of rotatable bonds is 8. The molecule has 2 aliphatic rings. The van der Waals surface area contributed by atoms with Gasteiger partial charge in [0, 0.05) is 19.8 Å². The molecule has 0 bridgehead atoms. The van der Waals surface area contributed by atoms with Gasteiger partial charge >= 0.3 is 0 Å². The first-order valence-electron chi connectivity index (χ1n) is 8.74. The van der Waals surface area contributed by atoms with Crippen LogP contribution in [-0.2, 0) is 14.3 Å². The number of hydrazine groups is 1. The maximum atomic E-state index is 12.3. The largest absolute Gasteiger partial charge is 0.381 e. The van der Waals surface area contributed by atoms with Gasteiger partial charge in [-0.15, -0.1) is 0 Å². The molecule has 1 aliphatic heterocycles. The Kier molecular flexibility index (Phi) is 5.65. The van der Waals surface area contributed by atoms with Gasteiger partial charge in [0.2, 0.25) is 5.84 Å². The molecule has 3 rings (SSSR count). The van der Waals surface area contributed by atoms with Crippen LogP contribution in [0.1, 0.15) is 26.2 Å². The number of anilines is 1. The van der Waals surface area contributed by atoms with E-state index in [1.54, 1.807) is 19.1 Å². The van der Waals surface area contributed by atoms with Crippen LogP contribution < -0.4 is 15.8 Å². The first-order valence-corrected chi connectivity index (χ1v) is 8.74. The van der Waals surface area contributed by atoms with E-state index in [1.807, 2.05) is 18.2 Å². The summed E-state index contributed by atoms with van der Waals surface area (Å²) in [5.74, 6) is 0.381. The van der Waals surface area contributed by atoms with E-state index < -0.39 is 6.04 Å². The molecule has 0 saturated heterocycles. The van der Waals surface area contributed by atoms with E-state index in [4.69, 9.17) is 4.74 Å². The molecule has 134 valence electrons. The normalized spacial score (nSPS) is 20.0. The highest BCUT2D eigenvalue weighted by Gasteiger charge is 2.30. The summed E-state index contributed by atoms with van der Waals surface area (Å²) in [5, 5.41) is 4.18. The molecule has 1 aliphatic carbocycles. The smallest absolute Gasteiger partial charge is 0.288 e. The number of nitrogens with zero attached hydrogens (tertiary/aromatic N) is 2. The van der Waals surface area contributed by atoms with Gasteiger partial charge in [0.15, 0.2) is 0 Å². The Morgan fingerprint density at radius 1 is 1.36 bits per heavy atom. The highest BCUT2D eigenvalue weighted by molar-refractivity contribution is 6.39. The molecule has 1 saturated carbocycles. The van der Waals surface area contributed by atoms with Crippen molar-refractivity contribution in [2.75, 3.05) is 24.8 Å². The summed E-state index contributed by atoms with van der Waals surface area (Å²) in [4.78, 5) is 28.7. The predicted octanol–water partition coefficient (Wildman–Crippen LogP) is 1.26. The summed E-state index contributed by atoms with van der Waals surface area (Å²) in [5.41, 5.74) is 3.49. The summed E-state index contributed by atoms with van der Waals surface area (Å²) in [6.07, 6.45) is 3.30. The maximum Gasteiger partial charge on any atom is 0.288 e. The Balaban J connectivity index is 1.49. The van der Waals surface area contributed by atoms with Crippen molar-refractivity contribution in [1.82, 2.24) is 10.7 Å². The Hall–Kier alpha value is -2.41. The number of hydrogen-bond donors (Lipinski definition) is 2. The van der Waals surface area contributed by atoms with Crippen LogP contribution in [-0.4, -0.2) is 43.5 Å².